The highest BCUT2D eigenvalue weighted by Crippen LogP contribution is 2.10. The van der Waals surface area contributed by atoms with E-state index in [2.05, 4.69) is 50.6 Å². The van der Waals surface area contributed by atoms with Crippen LogP contribution in [0.3, 0.4) is 0 Å². The van der Waals surface area contributed by atoms with Gasteiger partial charge in [0, 0.05) is 0 Å². The van der Waals surface area contributed by atoms with E-state index in [1.54, 1.807) is 0 Å². The molecule has 3 N–H and O–H groups in total. The van der Waals surface area contributed by atoms with Crippen LogP contribution in [-0.4, -0.2) is 53.1 Å². The van der Waals surface area contributed by atoms with Crippen LogP contribution in [0.2, 0.25) is 0 Å². The summed E-state index contributed by atoms with van der Waals surface area (Å²) >= 11 is 0. The van der Waals surface area contributed by atoms with Gasteiger partial charge >= 0.3 is 18.3 Å². The molecule has 0 aliphatic carbocycles. The van der Waals surface area contributed by atoms with E-state index in [9.17, 15) is 14.4 Å². The molecule has 0 saturated heterocycles. The topological polar surface area (TPSA) is 154 Å². The molecule has 12 heteroatoms. The molecular formula is C15H18N6O6. The lowest BCUT2D eigenvalue weighted by Gasteiger charge is -2.09. The zero-order valence-electron chi connectivity index (χ0n) is 14.3. The summed E-state index contributed by atoms with van der Waals surface area (Å²) in [6.45, 7) is 10.1. The average Bonchev–Trinajstić information content (AvgIpc) is 2.62. The van der Waals surface area contributed by atoms with Crippen LogP contribution in [0.4, 0.5) is 32.2 Å². The molecule has 0 fully saturated rings. The molecule has 0 aliphatic heterocycles. The lowest BCUT2D eigenvalue weighted by molar-refractivity contribution is 0.173. The molecule has 1 rings (SSSR count). The molecule has 0 aromatic carbocycles. The van der Waals surface area contributed by atoms with Gasteiger partial charge < -0.3 is 14.2 Å². The predicted molar refractivity (Wildman–Crippen MR) is 95.3 cm³/mol. The Morgan fingerprint density at radius 3 is 1.15 bits per heavy atom. The number of aromatic nitrogens is 3. The van der Waals surface area contributed by atoms with E-state index in [0.29, 0.717) is 0 Å². The normalized spacial score (nSPS) is 9.33. The van der Waals surface area contributed by atoms with E-state index in [1.807, 2.05) is 0 Å². The molecule has 0 bridgehead atoms. The minimum absolute atomic E-state index is 0.0467. The van der Waals surface area contributed by atoms with Crippen molar-refractivity contribution in [1.29, 1.82) is 0 Å². The van der Waals surface area contributed by atoms with Gasteiger partial charge in [-0.25, -0.2) is 14.4 Å². The first kappa shape index (κ1) is 21.1. The van der Waals surface area contributed by atoms with Crippen molar-refractivity contribution >= 4 is 36.1 Å². The molecule has 1 aromatic heterocycles. The molecule has 0 unspecified atom stereocenters. The third-order valence-corrected chi connectivity index (χ3v) is 2.27. The van der Waals surface area contributed by atoms with Gasteiger partial charge in [-0.1, -0.05) is 38.0 Å². The van der Waals surface area contributed by atoms with Gasteiger partial charge in [-0.2, -0.15) is 15.0 Å². The Balaban J connectivity index is 2.95. The predicted octanol–water partition coefficient (Wildman–Crippen LogP) is 2.08. The molecule has 12 nitrogen and oxygen atoms in total. The monoisotopic (exact) mass is 378 g/mol. The number of rotatable bonds is 9. The maximum absolute atomic E-state index is 11.6. The number of nitrogens with zero attached hydrogens (tertiary/aromatic N) is 3. The molecular weight excluding hydrogens is 360 g/mol. The van der Waals surface area contributed by atoms with Crippen molar-refractivity contribution in [2.24, 2.45) is 0 Å². The highest BCUT2D eigenvalue weighted by atomic mass is 16.6. The van der Waals surface area contributed by atoms with E-state index in [-0.39, 0.29) is 37.7 Å². The Morgan fingerprint density at radius 1 is 0.667 bits per heavy atom. The van der Waals surface area contributed by atoms with E-state index < -0.39 is 18.3 Å². The summed E-state index contributed by atoms with van der Waals surface area (Å²) in [7, 11) is 0. The van der Waals surface area contributed by atoms with E-state index in [4.69, 9.17) is 14.2 Å². The fourth-order valence-corrected chi connectivity index (χ4v) is 1.33. The van der Waals surface area contributed by atoms with Crippen LogP contribution in [0, 0.1) is 0 Å². The number of hydrogen-bond donors (Lipinski definition) is 3. The summed E-state index contributed by atoms with van der Waals surface area (Å²) in [6.07, 6.45) is 1.42. The Bertz CT molecular complexity index is 615. The first-order valence-corrected chi connectivity index (χ1v) is 7.38. The Hall–Kier alpha value is -3.96. The van der Waals surface area contributed by atoms with E-state index >= 15 is 0 Å². The first-order valence-electron chi connectivity index (χ1n) is 7.38. The zero-order valence-corrected chi connectivity index (χ0v) is 14.3. The Morgan fingerprint density at radius 2 is 0.926 bits per heavy atom. The second-order valence-electron chi connectivity index (χ2n) is 4.34. The maximum Gasteiger partial charge on any atom is 0.414 e. The standard InChI is InChI=1S/C15H18N6O6/c1-4-7-25-13(22)19-10-16-11(20-14(23)26-8-5-2)18-12(17-10)21-15(24)27-9-6-3/h4-6H,1-3,7-9H2,(H3,16,17,18,19,20,21,22,23,24). The summed E-state index contributed by atoms with van der Waals surface area (Å²) in [5.74, 6) is -0.925. The summed E-state index contributed by atoms with van der Waals surface area (Å²) < 4.78 is 14.2. The smallest absolute Gasteiger partial charge is 0.414 e. The lowest BCUT2D eigenvalue weighted by atomic mass is 10.7. The van der Waals surface area contributed by atoms with Crippen molar-refractivity contribution in [3.8, 4) is 0 Å². The van der Waals surface area contributed by atoms with Gasteiger partial charge in [0.1, 0.15) is 19.8 Å². The second-order valence-corrected chi connectivity index (χ2v) is 4.34. The van der Waals surface area contributed by atoms with Crippen molar-refractivity contribution in [3.05, 3.63) is 38.0 Å². The second kappa shape index (κ2) is 11.6. The van der Waals surface area contributed by atoms with E-state index in [0.717, 1.165) is 0 Å². The van der Waals surface area contributed by atoms with Crippen molar-refractivity contribution in [1.82, 2.24) is 15.0 Å². The third-order valence-electron chi connectivity index (χ3n) is 2.27. The summed E-state index contributed by atoms with van der Waals surface area (Å²) in [6, 6.07) is 0. The molecule has 1 heterocycles. The van der Waals surface area contributed by atoms with Gasteiger partial charge in [0.25, 0.3) is 0 Å². The Kier molecular flexibility index (Phi) is 9.03. The maximum atomic E-state index is 11.6. The molecule has 0 radical (unpaired) electrons. The molecule has 1 aromatic rings. The number of nitrogens with one attached hydrogen (secondary N) is 3. The van der Waals surface area contributed by atoms with Crippen LogP contribution in [0.25, 0.3) is 0 Å². The number of hydrogen-bond acceptors (Lipinski definition) is 9. The SMILES string of the molecule is C=CCOC(=O)Nc1nc(NC(=O)OCC=C)nc(NC(=O)OCC=C)n1. The molecule has 0 saturated carbocycles. The van der Waals surface area contributed by atoms with Crippen LogP contribution in [-0.2, 0) is 14.2 Å². The van der Waals surface area contributed by atoms with Crippen molar-refractivity contribution in [2.45, 2.75) is 0 Å². The lowest BCUT2D eigenvalue weighted by Crippen LogP contribution is -2.22. The van der Waals surface area contributed by atoms with Crippen LogP contribution in [0.5, 0.6) is 0 Å². The largest absolute Gasteiger partial charge is 0.445 e. The summed E-state index contributed by atoms with van der Waals surface area (Å²) in [5, 5.41) is 6.61. The van der Waals surface area contributed by atoms with Gasteiger partial charge in [0.15, 0.2) is 0 Å². The minimum atomic E-state index is -0.888. The van der Waals surface area contributed by atoms with Crippen LogP contribution in [0.15, 0.2) is 38.0 Å². The van der Waals surface area contributed by atoms with Crippen LogP contribution in [0.1, 0.15) is 0 Å². The van der Waals surface area contributed by atoms with E-state index in [1.165, 1.54) is 18.2 Å². The van der Waals surface area contributed by atoms with Crippen molar-refractivity contribution < 1.29 is 28.6 Å². The molecule has 27 heavy (non-hydrogen) atoms. The fourth-order valence-electron chi connectivity index (χ4n) is 1.33. The van der Waals surface area contributed by atoms with Gasteiger partial charge in [-0.3, -0.25) is 16.0 Å². The van der Waals surface area contributed by atoms with Gasteiger partial charge in [0.2, 0.25) is 17.8 Å². The number of anilines is 3. The molecule has 0 aliphatic rings. The third kappa shape index (κ3) is 8.62. The number of carbonyl (C=O) groups excluding carboxylic acids is 3. The van der Waals surface area contributed by atoms with Crippen LogP contribution < -0.4 is 16.0 Å². The molecule has 0 atom stereocenters. The van der Waals surface area contributed by atoms with Gasteiger partial charge in [-0.05, 0) is 0 Å². The van der Waals surface area contributed by atoms with Gasteiger partial charge in [-0.15, -0.1) is 0 Å². The highest BCUT2D eigenvalue weighted by molar-refractivity contribution is 5.86. The molecule has 3 amide bonds. The first-order chi connectivity index (χ1) is 13.0. The fraction of sp³-hybridized carbons (Fsp3) is 0.200. The quantitative estimate of drug-likeness (QED) is 0.433. The Labute approximate surface area is 154 Å². The highest BCUT2D eigenvalue weighted by Gasteiger charge is 2.14. The average molecular weight is 378 g/mol. The molecule has 0 spiro atoms. The summed E-state index contributed by atoms with van der Waals surface area (Å²) in [5.41, 5.74) is 0. The zero-order chi connectivity index (χ0) is 20.1. The number of ether oxygens (including phenoxy) is 3. The van der Waals surface area contributed by atoms with Crippen LogP contribution >= 0.6 is 0 Å². The number of carbonyl (C=O) groups is 3. The molecule has 144 valence electrons. The van der Waals surface area contributed by atoms with Crippen molar-refractivity contribution in [2.75, 3.05) is 35.8 Å². The minimum Gasteiger partial charge on any atom is -0.445 e. The summed E-state index contributed by atoms with van der Waals surface area (Å²) in [4.78, 5) is 46.2. The number of amides is 3. The van der Waals surface area contributed by atoms with Crippen molar-refractivity contribution in [3.63, 3.8) is 0 Å². The van der Waals surface area contributed by atoms with Gasteiger partial charge in [0.05, 0.1) is 0 Å².